The number of hydrogen-bond donors (Lipinski definition) is 1. The average Bonchev–Trinajstić information content (AvgIpc) is 2.83. The predicted octanol–water partition coefficient (Wildman–Crippen LogP) is 1.13. The molecule has 18 heavy (non-hydrogen) atoms. The smallest absolute Gasteiger partial charge is 0.308 e. The highest BCUT2D eigenvalue weighted by Crippen LogP contribution is 2.24. The van der Waals surface area contributed by atoms with Gasteiger partial charge in [-0.1, -0.05) is 13.8 Å². The molecule has 2 heterocycles. The van der Waals surface area contributed by atoms with Crippen molar-refractivity contribution in [1.29, 1.82) is 0 Å². The maximum absolute atomic E-state index is 11.1. The van der Waals surface area contributed by atoms with Gasteiger partial charge < -0.3 is 5.11 Å². The third-order valence-electron chi connectivity index (χ3n) is 3.78. The summed E-state index contributed by atoms with van der Waals surface area (Å²) >= 11 is 0. The van der Waals surface area contributed by atoms with E-state index in [0.717, 1.165) is 30.9 Å². The first kappa shape index (κ1) is 13.1. The van der Waals surface area contributed by atoms with Crippen LogP contribution < -0.4 is 0 Å². The van der Waals surface area contributed by atoms with Crippen molar-refractivity contribution in [2.45, 2.75) is 26.8 Å². The van der Waals surface area contributed by atoms with Crippen LogP contribution in [0, 0.1) is 11.8 Å². The Hall–Kier alpha value is -1.36. The van der Waals surface area contributed by atoms with Crippen molar-refractivity contribution < 1.29 is 9.90 Å². The Morgan fingerprint density at radius 3 is 2.78 bits per heavy atom. The standard InChI is InChI=1S/C13H21N3O2/c1-4-10-5-11(15(3)14-10)7-16-6-9(2)12(8-16)13(17)18/h5,9,12H,4,6-8H2,1-3H3,(H,17,18). The van der Waals surface area contributed by atoms with Crippen LogP contribution in [-0.2, 0) is 24.8 Å². The van der Waals surface area contributed by atoms with Crippen LogP contribution in [0.5, 0.6) is 0 Å². The molecule has 5 heteroatoms. The Labute approximate surface area is 107 Å². The lowest BCUT2D eigenvalue weighted by Gasteiger charge is -2.14. The van der Waals surface area contributed by atoms with Crippen molar-refractivity contribution in [1.82, 2.24) is 14.7 Å². The zero-order chi connectivity index (χ0) is 13.3. The summed E-state index contributed by atoms with van der Waals surface area (Å²) in [5.74, 6) is -0.686. The van der Waals surface area contributed by atoms with E-state index in [1.165, 1.54) is 0 Å². The van der Waals surface area contributed by atoms with Crippen LogP contribution >= 0.6 is 0 Å². The minimum absolute atomic E-state index is 0.223. The van der Waals surface area contributed by atoms with Crippen molar-refractivity contribution in [2.24, 2.45) is 18.9 Å². The average molecular weight is 251 g/mol. The Bertz CT molecular complexity index is 441. The molecule has 0 saturated carbocycles. The minimum atomic E-state index is -0.677. The Kier molecular flexibility index (Phi) is 3.71. The van der Waals surface area contributed by atoms with Gasteiger partial charge in [0.2, 0.25) is 0 Å². The summed E-state index contributed by atoms with van der Waals surface area (Å²) in [7, 11) is 1.95. The number of carbonyl (C=O) groups is 1. The summed E-state index contributed by atoms with van der Waals surface area (Å²) in [5.41, 5.74) is 2.25. The van der Waals surface area contributed by atoms with E-state index in [4.69, 9.17) is 5.11 Å². The Balaban J connectivity index is 2.02. The summed E-state index contributed by atoms with van der Waals surface area (Å²) < 4.78 is 1.90. The minimum Gasteiger partial charge on any atom is -0.481 e. The van der Waals surface area contributed by atoms with E-state index < -0.39 is 5.97 Å². The van der Waals surface area contributed by atoms with E-state index in [-0.39, 0.29) is 11.8 Å². The zero-order valence-electron chi connectivity index (χ0n) is 11.3. The normalized spacial score (nSPS) is 24.6. The number of carboxylic acid groups (broad SMARTS) is 1. The first-order valence-corrected chi connectivity index (χ1v) is 6.48. The molecule has 0 aromatic carbocycles. The molecule has 0 spiro atoms. The van der Waals surface area contributed by atoms with Crippen molar-refractivity contribution in [3.63, 3.8) is 0 Å². The maximum Gasteiger partial charge on any atom is 0.308 e. The molecule has 0 bridgehead atoms. The summed E-state index contributed by atoms with van der Waals surface area (Å²) in [5, 5.41) is 13.5. The van der Waals surface area contributed by atoms with Gasteiger partial charge >= 0.3 is 5.97 Å². The van der Waals surface area contributed by atoms with Crippen LogP contribution in [0.25, 0.3) is 0 Å². The van der Waals surface area contributed by atoms with E-state index in [1.807, 2.05) is 18.7 Å². The van der Waals surface area contributed by atoms with E-state index in [2.05, 4.69) is 23.0 Å². The summed E-state index contributed by atoms with van der Waals surface area (Å²) in [4.78, 5) is 13.3. The SMILES string of the molecule is CCc1cc(CN2CC(C)C(C(=O)O)C2)n(C)n1. The maximum atomic E-state index is 11.1. The number of nitrogens with zero attached hydrogens (tertiary/aromatic N) is 3. The summed E-state index contributed by atoms with van der Waals surface area (Å²) in [6.07, 6.45) is 0.933. The molecule has 1 aliphatic rings. The number of hydrogen-bond acceptors (Lipinski definition) is 3. The van der Waals surface area contributed by atoms with Crippen LogP contribution in [0.1, 0.15) is 25.2 Å². The highest BCUT2D eigenvalue weighted by Gasteiger charge is 2.34. The Morgan fingerprint density at radius 1 is 1.56 bits per heavy atom. The van der Waals surface area contributed by atoms with E-state index >= 15 is 0 Å². The number of aryl methyl sites for hydroxylation is 2. The van der Waals surface area contributed by atoms with Crippen molar-refractivity contribution in [3.05, 3.63) is 17.5 Å². The lowest BCUT2D eigenvalue weighted by Crippen LogP contribution is -2.24. The van der Waals surface area contributed by atoms with Gasteiger partial charge in [-0.3, -0.25) is 14.4 Å². The third-order valence-corrected chi connectivity index (χ3v) is 3.78. The van der Waals surface area contributed by atoms with Gasteiger partial charge in [0.05, 0.1) is 17.3 Å². The van der Waals surface area contributed by atoms with Crippen LogP contribution in [-0.4, -0.2) is 38.8 Å². The fraction of sp³-hybridized carbons (Fsp3) is 0.692. The predicted molar refractivity (Wildman–Crippen MR) is 68.2 cm³/mol. The summed E-state index contributed by atoms with van der Waals surface area (Å²) in [6, 6.07) is 2.11. The molecule has 1 N–H and O–H groups in total. The molecule has 1 saturated heterocycles. The molecule has 0 amide bonds. The van der Waals surface area contributed by atoms with Gasteiger partial charge in [0.25, 0.3) is 0 Å². The third kappa shape index (κ3) is 2.56. The monoisotopic (exact) mass is 251 g/mol. The van der Waals surface area contributed by atoms with Crippen LogP contribution in [0.4, 0.5) is 0 Å². The zero-order valence-corrected chi connectivity index (χ0v) is 11.3. The summed E-state index contributed by atoms with van der Waals surface area (Å²) in [6.45, 7) is 6.38. The molecule has 5 nitrogen and oxygen atoms in total. The van der Waals surface area contributed by atoms with Gasteiger partial charge in [0.15, 0.2) is 0 Å². The molecule has 0 aliphatic carbocycles. The highest BCUT2D eigenvalue weighted by molar-refractivity contribution is 5.71. The molecule has 1 aliphatic heterocycles. The van der Waals surface area contributed by atoms with Gasteiger partial charge in [0, 0.05) is 26.7 Å². The second-order valence-corrected chi connectivity index (χ2v) is 5.22. The lowest BCUT2D eigenvalue weighted by atomic mass is 9.99. The molecule has 100 valence electrons. The van der Waals surface area contributed by atoms with Crippen molar-refractivity contribution in [3.8, 4) is 0 Å². The lowest BCUT2D eigenvalue weighted by molar-refractivity contribution is -0.142. The first-order valence-electron chi connectivity index (χ1n) is 6.48. The second kappa shape index (κ2) is 5.10. The number of carboxylic acids is 1. The van der Waals surface area contributed by atoms with Gasteiger partial charge in [-0.25, -0.2) is 0 Å². The molecule has 2 rings (SSSR count). The van der Waals surface area contributed by atoms with Crippen LogP contribution in [0.2, 0.25) is 0 Å². The molecule has 2 unspecified atom stereocenters. The van der Waals surface area contributed by atoms with E-state index in [0.29, 0.717) is 6.54 Å². The van der Waals surface area contributed by atoms with Gasteiger partial charge in [-0.2, -0.15) is 5.10 Å². The van der Waals surface area contributed by atoms with Crippen molar-refractivity contribution >= 4 is 5.97 Å². The largest absolute Gasteiger partial charge is 0.481 e. The number of rotatable bonds is 4. The van der Waals surface area contributed by atoms with Gasteiger partial charge in [-0.05, 0) is 18.4 Å². The molecular weight excluding hydrogens is 230 g/mol. The van der Waals surface area contributed by atoms with Crippen molar-refractivity contribution in [2.75, 3.05) is 13.1 Å². The van der Waals surface area contributed by atoms with Crippen LogP contribution in [0.15, 0.2) is 6.07 Å². The second-order valence-electron chi connectivity index (χ2n) is 5.22. The van der Waals surface area contributed by atoms with E-state index in [9.17, 15) is 4.79 Å². The van der Waals surface area contributed by atoms with Gasteiger partial charge in [-0.15, -0.1) is 0 Å². The molecule has 0 radical (unpaired) electrons. The Morgan fingerprint density at radius 2 is 2.28 bits per heavy atom. The molecule has 2 atom stereocenters. The number of likely N-dealkylation sites (tertiary alicyclic amines) is 1. The first-order chi connectivity index (χ1) is 8.51. The van der Waals surface area contributed by atoms with Crippen LogP contribution in [0.3, 0.4) is 0 Å². The number of aliphatic carboxylic acids is 1. The quantitative estimate of drug-likeness (QED) is 0.871. The number of aromatic nitrogens is 2. The molecule has 1 aromatic rings. The fourth-order valence-electron chi connectivity index (χ4n) is 2.64. The molecular formula is C13H21N3O2. The molecule has 1 aromatic heterocycles. The van der Waals surface area contributed by atoms with Gasteiger partial charge in [0.1, 0.15) is 0 Å². The fourth-order valence-corrected chi connectivity index (χ4v) is 2.64. The van der Waals surface area contributed by atoms with E-state index in [1.54, 1.807) is 0 Å². The molecule has 1 fully saturated rings. The highest BCUT2D eigenvalue weighted by atomic mass is 16.4. The topological polar surface area (TPSA) is 58.4 Å².